The van der Waals surface area contributed by atoms with Crippen LogP contribution in [0.2, 0.25) is 15.1 Å². The van der Waals surface area contributed by atoms with Gasteiger partial charge >= 0.3 is 0 Å². The number of carbonyl (C=O) groups excluding carboxylic acids is 1. The number of aryl methyl sites for hydroxylation is 1. The van der Waals surface area contributed by atoms with Gasteiger partial charge in [-0.1, -0.05) is 71.2 Å². The summed E-state index contributed by atoms with van der Waals surface area (Å²) >= 11 is 18.6. The fraction of sp³-hybridized carbons (Fsp3) is 0.103. The molecule has 0 bridgehead atoms. The van der Waals surface area contributed by atoms with Crippen molar-refractivity contribution in [2.45, 2.75) is 13.8 Å². The molecule has 0 atom stereocenters. The van der Waals surface area contributed by atoms with Crippen molar-refractivity contribution < 1.29 is 4.79 Å². The van der Waals surface area contributed by atoms with E-state index in [1.54, 1.807) is 63.4 Å². The number of hydrogen-bond donors (Lipinski definition) is 1. The highest BCUT2D eigenvalue weighted by Crippen LogP contribution is 2.31. The van der Waals surface area contributed by atoms with Crippen molar-refractivity contribution in [1.29, 1.82) is 0 Å². The van der Waals surface area contributed by atoms with E-state index in [-0.39, 0.29) is 27.1 Å². The third-order valence-corrected chi connectivity index (χ3v) is 7.32. The molecule has 0 spiro atoms. The molecule has 40 heavy (non-hydrogen) atoms. The molecular weight excluding hydrogens is 573 g/mol. The molecule has 1 amide bonds. The second-order valence-electron chi connectivity index (χ2n) is 9.07. The summed E-state index contributed by atoms with van der Waals surface area (Å²) in [6, 6.07) is 12.1. The lowest BCUT2D eigenvalue weighted by Crippen LogP contribution is -2.44. The normalized spacial score (nSPS) is 13.6. The van der Waals surface area contributed by atoms with E-state index in [1.165, 1.54) is 26.4 Å². The average molecular weight is 595 g/mol. The molecule has 5 rings (SSSR count). The monoisotopic (exact) mass is 593 g/mol. The van der Waals surface area contributed by atoms with Gasteiger partial charge in [0.15, 0.2) is 5.49 Å². The van der Waals surface area contributed by atoms with E-state index in [2.05, 4.69) is 10.2 Å². The van der Waals surface area contributed by atoms with Crippen molar-refractivity contribution in [2.24, 2.45) is 12.1 Å². The molecule has 0 saturated heterocycles. The number of rotatable bonds is 5. The van der Waals surface area contributed by atoms with Crippen molar-refractivity contribution in [3.63, 3.8) is 0 Å². The molecule has 3 heterocycles. The Morgan fingerprint density at radius 1 is 0.900 bits per heavy atom. The first-order valence-electron chi connectivity index (χ1n) is 12.1. The van der Waals surface area contributed by atoms with Crippen LogP contribution in [-0.2, 0) is 7.05 Å². The summed E-state index contributed by atoms with van der Waals surface area (Å²) in [6.07, 6.45) is 8.31. The summed E-state index contributed by atoms with van der Waals surface area (Å²) in [6.45, 7) is 3.49. The number of para-hydroxylation sites is 1. The smallest absolute Gasteiger partial charge is 0.282 e. The van der Waals surface area contributed by atoms with E-state index in [4.69, 9.17) is 34.8 Å². The largest absolute Gasteiger partial charge is 0.295 e. The molecule has 0 aliphatic carbocycles. The number of carbonyl (C=O) groups is 1. The molecule has 11 heteroatoms. The number of allylic oxidation sites excluding steroid dienone is 3. The molecule has 2 aromatic heterocycles. The zero-order chi connectivity index (χ0) is 28.7. The van der Waals surface area contributed by atoms with Crippen LogP contribution in [0.5, 0.6) is 0 Å². The third kappa shape index (κ3) is 4.75. The number of fused-ring (bicyclic) bond motifs is 1. The van der Waals surface area contributed by atoms with Crippen molar-refractivity contribution in [1.82, 2.24) is 14.3 Å². The fourth-order valence-corrected chi connectivity index (χ4v) is 5.48. The van der Waals surface area contributed by atoms with E-state index in [1.807, 2.05) is 18.2 Å². The van der Waals surface area contributed by atoms with Gasteiger partial charge in [-0.15, -0.1) is 5.10 Å². The number of hydrogen-bond acceptors (Lipinski definition) is 4. The molecule has 4 aromatic rings. The minimum absolute atomic E-state index is 0.232. The zero-order valence-corrected chi connectivity index (χ0v) is 23.8. The molecule has 0 radical (unpaired) electrons. The SMILES string of the molecule is Cc1[nH]n(-c2c(Cl)cc(Cl)cc2Cl)c(=O)c1C=CC=CC=c1c(C)c2c(n(C)c1=O)=NN(c1ccccc1)C2=O. The Morgan fingerprint density at radius 2 is 1.57 bits per heavy atom. The maximum Gasteiger partial charge on any atom is 0.282 e. The van der Waals surface area contributed by atoms with Gasteiger partial charge in [0.2, 0.25) is 0 Å². The van der Waals surface area contributed by atoms with Crippen molar-refractivity contribution in [3.05, 3.63) is 130 Å². The number of halogens is 3. The maximum atomic E-state index is 13.2. The van der Waals surface area contributed by atoms with Gasteiger partial charge in [0.05, 0.1) is 26.9 Å². The van der Waals surface area contributed by atoms with E-state index in [0.717, 1.165) is 0 Å². The molecule has 2 aromatic carbocycles. The van der Waals surface area contributed by atoms with Crippen LogP contribution in [0.4, 0.5) is 5.69 Å². The lowest BCUT2D eigenvalue weighted by Gasteiger charge is -2.11. The van der Waals surface area contributed by atoms with Crippen LogP contribution in [0, 0.1) is 13.8 Å². The van der Waals surface area contributed by atoms with Gasteiger partial charge in [0.1, 0.15) is 5.69 Å². The van der Waals surface area contributed by atoms with Gasteiger partial charge in [0.25, 0.3) is 17.0 Å². The Morgan fingerprint density at radius 3 is 2.25 bits per heavy atom. The first-order valence-corrected chi connectivity index (χ1v) is 13.2. The summed E-state index contributed by atoms with van der Waals surface area (Å²) in [5.41, 5.74) is 2.55. The van der Waals surface area contributed by atoms with Gasteiger partial charge in [0, 0.05) is 23.0 Å². The Hall–Kier alpha value is -4.11. The minimum atomic E-state index is -0.342. The summed E-state index contributed by atoms with van der Waals surface area (Å²) in [5.74, 6) is -0.298. The van der Waals surface area contributed by atoms with Crippen LogP contribution in [0.1, 0.15) is 27.2 Å². The highest BCUT2D eigenvalue weighted by atomic mass is 35.5. The van der Waals surface area contributed by atoms with Crippen molar-refractivity contribution >= 4 is 58.5 Å². The van der Waals surface area contributed by atoms with Crippen LogP contribution in [0.25, 0.3) is 17.8 Å². The van der Waals surface area contributed by atoms with Crippen LogP contribution < -0.4 is 26.8 Å². The topological polar surface area (TPSA) is 92.5 Å². The molecule has 0 unspecified atom stereocenters. The molecule has 0 fully saturated rings. The molecule has 1 N–H and O–H groups in total. The van der Waals surface area contributed by atoms with Gasteiger partial charge in [-0.05, 0) is 55.8 Å². The lowest BCUT2D eigenvalue weighted by atomic mass is 10.1. The number of pyridine rings is 1. The summed E-state index contributed by atoms with van der Waals surface area (Å²) < 4.78 is 2.64. The van der Waals surface area contributed by atoms with Crippen LogP contribution in [-0.4, -0.2) is 20.3 Å². The van der Waals surface area contributed by atoms with Crippen molar-refractivity contribution in [2.75, 3.05) is 5.01 Å². The number of nitrogens with one attached hydrogen (secondary N) is 1. The number of benzene rings is 2. The quantitative estimate of drug-likeness (QED) is 0.340. The zero-order valence-electron chi connectivity index (χ0n) is 21.6. The number of anilines is 1. The first-order chi connectivity index (χ1) is 19.1. The number of nitrogens with zero attached hydrogens (tertiary/aromatic N) is 4. The molecule has 8 nitrogen and oxygen atoms in total. The molecule has 0 saturated carbocycles. The Balaban J connectivity index is 1.46. The van der Waals surface area contributed by atoms with Gasteiger partial charge in [-0.25, -0.2) is 4.68 Å². The predicted octanol–water partition coefficient (Wildman–Crippen LogP) is 4.69. The van der Waals surface area contributed by atoms with Crippen molar-refractivity contribution in [3.8, 4) is 5.69 Å². The molecular formula is C29H22Cl3N5O3. The lowest BCUT2D eigenvalue weighted by molar-refractivity contribution is 0.0994. The Kier molecular flexibility index (Phi) is 7.42. The standard InChI is InChI=1S/C29H22Cl3N5O3/c1-16-20(27(38)35(3)26-24(16)29(40)36(34-26)19-10-6-4-7-11-19)12-8-5-9-13-21-17(2)33-37(28(21)39)25-22(31)14-18(30)15-23(25)32/h4-15,33H,1-3H3. The summed E-state index contributed by atoms with van der Waals surface area (Å²) in [4.78, 5) is 39.4. The fourth-order valence-electron chi connectivity index (χ4n) is 4.50. The van der Waals surface area contributed by atoms with Crippen LogP contribution in [0.3, 0.4) is 0 Å². The molecule has 1 aliphatic heterocycles. The van der Waals surface area contributed by atoms with Crippen LogP contribution >= 0.6 is 34.8 Å². The van der Waals surface area contributed by atoms with Gasteiger partial charge in [-0.3, -0.25) is 24.0 Å². The number of aromatic amines is 1. The number of aromatic nitrogens is 3. The van der Waals surface area contributed by atoms with Crippen LogP contribution in [0.15, 0.2) is 75.4 Å². The Labute approximate surface area is 243 Å². The number of amides is 1. The molecule has 202 valence electrons. The van der Waals surface area contributed by atoms with E-state index in [0.29, 0.717) is 49.5 Å². The highest BCUT2D eigenvalue weighted by Gasteiger charge is 2.29. The van der Waals surface area contributed by atoms with Gasteiger partial charge < -0.3 is 0 Å². The Bertz CT molecular complexity index is 1960. The van der Waals surface area contributed by atoms with E-state index >= 15 is 0 Å². The second kappa shape index (κ2) is 10.8. The van der Waals surface area contributed by atoms with Gasteiger partial charge in [-0.2, -0.15) is 5.01 Å². The highest BCUT2D eigenvalue weighted by molar-refractivity contribution is 6.40. The van der Waals surface area contributed by atoms with E-state index in [9.17, 15) is 14.4 Å². The first kappa shape index (κ1) is 27.5. The predicted molar refractivity (Wildman–Crippen MR) is 159 cm³/mol. The third-order valence-electron chi connectivity index (χ3n) is 6.53. The van der Waals surface area contributed by atoms with E-state index < -0.39 is 0 Å². The summed E-state index contributed by atoms with van der Waals surface area (Å²) in [7, 11) is 1.59. The second-order valence-corrected chi connectivity index (χ2v) is 10.3. The summed E-state index contributed by atoms with van der Waals surface area (Å²) in [5, 5.41) is 9.89. The average Bonchev–Trinajstić information content (AvgIpc) is 3.40. The minimum Gasteiger partial charge on any atom is -0.295 e. The number of H-pyrrole nitrogens is 1. The molecule has 1 aliphatic rings. The maximum absolute atomic E-state index is 13.2.